The van der Waals surface area contributed by atoms with Gasteiger partial charge in [0.25, 0.3) is 0 Å². The van der Waals surface area contributed by atoms with Gasteiger partial charge in [0.1, 0.15) is 4.75 Å². The van der Waals surface area contributed by atoms with E-state index in [1.165, 1.54) is 22.3 Å². The van der Waals surface area contributed by atoms with Gasteiger partial charge in [-0.05, 0) is 43.8 Å². The summed E-state index contributed by atoms with van der Waals surface area (Å²) in [7, 11) is -3.15. The molecule has 19 heavy (non-hydrogen) atoms. The summed E-state index contributed by atoms with van der Waals surface area (Å²) in [5, 5.41) is 9.47. The highest BCUT2D eigenvalue weighted by molar-refractivity contribution is 8.01. The number of carboxylic acids is 1. The van der Waals surface area contributed by atoms with Crippen LogP contribution in [-0.2, 0) is 14.8 Å². The SMILES string of the molecule is CS(=O)(=O)N1CCCC(CC2(C(=O)O)CCCS2)C1. The molecule has 0 radical (unpaired) electrons. The van der Waals surface area contributed by atoms with Crippen LogP contribution in [0.4, 0.5) is 0 Å². The quantitative estimate of drug-likeness (QED) is 0.849. The van der Waals surface area contributed by atoms with E-state index in [-0.39, 0.29) is 5.92 Å². The number of sulfonamides is 1. The van der Waals surface area contributed by atoms with E-state index < -0.39 is 20.7 Å². The number of carboxylic acid groups (broad SMARTS) is 1. The third-order valence-corrected chi connectivity index (χ3v) is 6.92. The van der Waals surface area contributed by atoms with Crippen LogP contribution in [0.2, 0.25) is 0 Å². The maximum Gasteiger partial charge on any atom is 0.319 e. The number of aliphatic carboxylic acids is 1. The van der Waals surface area contributed by atoms with Crippen molar-refractivity contribution in [2.45, 2.75) is 36.9 Å². The van der Waals surface area contributed by atoms with Gasteiger partial charge in [-0.1, -0.05) is 0 Å². The first-order chi connectivity index (χ1) is 8.83. The minimum Gasteiger partial charge on any atom is -0.480 e. The fourth-order valence-electron chi connectivity index (χ4n) is 3.08. The van der Waals surface area contributed by atoms with Gasteiger partial charge in [0.15, 0.2) is 0 Å². The Kier molecular flexibility index (Phi) is 4.47. The molecule has 0 bridgehead atoms. The van der Waals surface area contributed by atoms with E-state index in [0.717, 1.165) is 25.0 Å². The Morgan fingerprint density at radius 1 is 1.47 bits per heavy atom. The molecule has 0 spiro atoms. The average molecular weight is 307 g/mol. The van der Waals surface area contributed by atoms with E-state index in [0.29, 0.717) is 25.9 Å². The van der Waals surface area contributed by atoms with E-state index in [1.54, 1.807) is 0 Å². The molecule has 0 aromatic heterocycles. The second-order valence-electron chi connectivity index (χ2n) is 5.58. The molecule has 0 amide bonds. The summed E-state index contributed by atoms with van der Waals surface area (Å²) in [6.07, 6.45) is 5.24. The predicted octanol–water partition coefficient (Wildman–Crippen LogP) is 1.40. The van der Waals surface area contributed by atoms with Crippen LogP contribution in [-0.4, -0.2) is 53.6 Å². The monoisotopic (exact) mass is 307 g/mol. The highest BCUT2D eigenvalue weighted by Crippen LogP contribution is 2.44. The summed E-state index contributed by atoms with van der Waals surface area (Å²) in [6, 6.07) is 0. The van der Waals surface area contributed by atoms with Crippen LogP contribution in [0.15, 0.2) is 0 Å². The van der Waals surface area contributed by atoms with Crippen molar-refractivity contribution >= 4 is 27.8 Å². The first kappa shape index (κ1) is 15.1. The van der Waals surface area contributed by atoms with Crippen LogP contribution in [0.5, 0.6) is 0 Å². The highest BCUT2D eigenvalue weighted by atomic mass is 32.2. The molecule has 0 aromatic rings. The lowest BCUT2D eigenvalue weighted by molar-refractivity contribution is -0.140. The van der Waals surface area contributed by atoms with Crippen LogP contribution < -0.4 is 0 Å². The van der Waals surface area contributed by atoms with Gasteiger partial charge in [0.2, 0.25) is 10.0 Å². The van der Waals surface area contributed by atoms with Crippen LogP contribution in [0.25, 0.3) is 0 Å². The van der Waals surface area contributed by atoms with Crippen molar-refractivity contribution in [3.8, 4) is 0 Å². The van der Waals surface area contributed by atoms with E-state index >= 15 is 0 Å². The van der Waals surface area contributed by atoms with Crippen molar-refractivity contribution in [3.05, 3.63) is 0 Å². The number of rotatable bonds is 4. The van der Waals surface area contributed by atoms with Gasteiger partial charge in [-0.2, -0.15) is 0 Å². The standard InChI is InChI=1S/C12H21NO4S2/c1-19(16,17)13-6-2-4-10(9-13)8-12(11(14)15)5-3-7-18-12/h10H,2-9H2,1H3,(H,14,15). The highest BCUT2D eigenvalue weighted by Gasteiger charge is 2.44. The third kappa shape index (κ3) is 3.44. The summed E-state index contributed by atoms with van der Waals surface area (Å²) in [5.41, 5.74) is 0. The van der Waals surface area contributed by atoms with Crippen LogP contribution in [0, 0.1) is 5.92 Å². The lowest BCUT2D eigenvalue weighted by Crippen LogP contribution is -2.43. The average Bonchev–Trinajstić information content (AvgIpc) is 2.78. The third-order valence-electron chi connectivity index (χ3n) is 4.06. The van der Waals surface area contributed by atoms with Crippen molar-refractivity contribution in [2.24, 2.45) is 5.92 Å². The molecule has 2 heterocycles. The molecule has 2 aliphatic rings. The van der Waals surface area contributed by atoms with E-state index in [1.807, 2.05) is 0 Å². The summed E-state index contributed by atoms with van der Waals surface area (Å²) in [6.45, 7) is 1.05. The molecule has 0 aromatic carbocycles. The topological polar surface area (TPSA) is 74.7 Å². The minimum absolute atomic E-state index is 0.171. The number of nitrogens with zero attached hydrogens (tertiary/aromatic N) is 1. The van der Waals surface area contributed by atoms with Gasteiger partial charge in [-0.15, -0.1) is 11.8 Å². The minimum atomic E-state index is -3.15. The zero-order valence-corrected chi connectivity index (χ0v) is 12.8. The van der Waals surface area contributed by atoms with Gasteiger partial charge >= 0.3 is 5.97 Å². The predicted molar refractivity (Wildman–Crippen MR) is 75.8 cm³/mol. The molecule has 7 heteroatoms. The second kappa shape index (κ2) is 5.61. The molecule has 2 atom stereocenters. The largest absolute Gasteiger partial charge is 0.480 e. The molecule has 5 nitrogen and oxygen atoms in total. The zero-order chi connectivity index (χ0) is 14.1. The van der Waals surface area contributed by atoms with Crippen LogP contribution in [0.3, 0.4) is 0 Å². The van der Waals surface area contributed by atoms with Gasteiger partial charge in [-0.3, -0.25) is 4.79 Å². The van der Waals surface area contributed by atoms with Crippen LogP contribution >= 0.6 is 11.8 Å². The first-order valence-electron chi connectivity index (χ1n) is 6.66. The Labute approximate surface area is 118 Å². The fourth-order valence-corrected chi connectivity index (χ4v) is 5.46. The first-order valence-corrected chi connectivity index (χ1v) is 9.49. The number of carbonyl (C=O) groups is 1. The van der Waals surface area contributed by atoms with Gasteiger partial charge in [0.05, 0.1) is 6.26 Å². The van der Waals surface area contributed by atoms with Crippen LogP contribution in [0.1, 0.15) is 32.1 Å². The van der Waals surface area contributed by atoms with Crippen molar-refractivity contribution in [1.29, 1.82) is 0 Å². The smallest absolute Gasteiger partial charge is 0.319 e. The number of hydrogen-bond acceptors (Lipinski definition) is 4. The summed E-state index contributed by atoms with van der Waals surface area (Å²) in [4.78, 5) is 11.5. The zero-order valence-electron chi connectivity index (χ0n) is 11.2. The fraction of sp³-hybridized carbons (Fsp3) is 0.917. The normalized spacial score (nSPS) is 33.4. The maximum atomic E-state index is 11.6. The maximum absolute atomic E-state index is 11.6. The molecule has 2 unspecified atom stereocenters. The number of hydrogen-bond donors (Lipinski definition) is 1. The van der Waals surface area contributed by atoms with E-state index in [2.05, 4.69) is 0 Å². The van der Waals surface area contributed by atoms with Gasteiger partial charge in [-0.25, -0.2) is 12.7 Å². The van der Waals surface area contributed by atoms with Crippen molar-refractivity contribution < 1.29 is 18.3 Å². The molecule has 110 valence electrons. The summed E-state index contributed by atoms with van der Waals surface area (Å²) in [5.74, 6) is 0.339. The lowest BCUT2D eigenvalue weighted by Gasteiger charge is -2.35. The van der Waals surface area contributed by atoms with E-state index in [4.69, 9.17) is 0 Å². The number of piperidine rings is 1. The molecule has 0 aliphatic carbocycles. The Bertz CT molecular complexity index is 443. The van der Waals surface area contributed by atoms with Crippen molar-refractivity contribution in [2.75, 3.05) is 25.1 Å². The molecule has 2 rings (SSSR count). The molecule has 2 aliphatic heterocycles. The molecular weight excluding hydrogens is 286 g/mol. The molecule has 1 N–H and O–H groups in total. The molecule has 0 saturated carbocycles. The Hall–Kier alpha value is -0.270. The Morgan fingerprint density at radius 3 is 2.74 bits per heavy atom. The summed E-state index contributed by atoms with van der Waals surface area (Å²) < 4.78 is 24.0. The molecular formula is C12H21NO4S2. The lowest BCUT2D eigenvalue weighted by atomic mass is 9.86. The Morgan fingerprint density at radius 2 is 2.21 bits per heavy atom. The second-order valence-corrected chi connectivity index (χ2v) is 9.05. The van der Waals surface area contributed by atoms with Crippen molar-refractivity contribution in [1.82, 2.24) is 4.31 Å². The molecule has 2 saturated heterocycles. The number of thioether (sulfide) groups is 1. The Balaban J connectivity index is 2.04. The molecule has 2 fully saturated rings. The van der Waals surface area contributed by atoms with Gasteiger partial charge < -0.3 is 5.11 Å². The van der Waals surface area contributed by atoms with Gasteiger partial charge in [0, 0.05) is 13.1 Å². The van der Waals surface area contributed by atoms with Crippen molar-refractivity contribution in [3.63, 3.8) is 0 Å². The van der Waals surface area contributed by atoms with E-state index in [9.17, 15) is 18.3 Å². The summed E-state index contributed by atoms with van der Waals surface area (Å²) >= 11 is 1.53.